The molecule has 0 aliphatic carbocycles. The number of fused-ring (bicyclic) bond motifs is 3. The highest BCUT2D eigenvalue weighted by atomic mass is 16.4. The van der Waals surface area contributed by atoms with Crippen LogP contribution >= 0.6 is 0 Å². The molecule has 2 aromatic carbocycles. The molecule has 1 amide bonds. The SMILES string of the molecule is Cc1nc(CNC(=O)c2cc3c(ccc4ccccc43)[nH]2)oc1C. The van der Waals surface area contributed by atoms with E-state index in [1.807, 2.05) is 44.2 Å². The molecule has 0 aliphatic heterocycles. The molecule has 0 aliphatic rings. The van der Waals surface area contributed by atoms with Gasteiger partial charge >= 0.3 is 0 Å². The van der Waals surface area contributed by atoms with Gasteiger partial charge in [0.2, 0.25) is 5.89 Å². The van der Waals surface area contributed by atoms with Gasteiger partial charge in [0.25, 0.3) is 5.91 Å². The van der Waals surface area contributed by atoms with Crippen molar-refractivity contribution >= 4 is 27.6 Å². The van der Waals surface area contributed by atoms with Crippen LogP contribution in [-0.2, 0) is 6.54 Å². The summed E-state index contributed by atoms with van der Waals surface area (Å²) >= 11 is 0. The summed E-state index contributed by atoms with van der Waals surface area (Å²) in [6, 6.07) is 14.1. The predicted molar refractivity (Wildman–Crippen MR) is 93.0 cm³/mol. The number of hydrogen-bond acceptors (Lipinski definition) is 3. The second-order valence-corrected chi connectivity index (χ2v) is 5.86. The summed E-state index contributed by atoms with van der Waals surface area (Å²) in [6.45, 7) is 4.01. The summed E-state index contributed by atoms with van der Waals surface area (Å²) in [5.74, 6) is 1.11. The molecule has 4 rings (SSSR count). The van der Waals surface area contributed by atoms with Gasteiger partial charge in [-0.1, -0.05) is 30.3 Å². The van der Waals surface area contributed by atoms with Gasteiger partial charge in [0.1, 0.15) is 11.5 Å². The second kappa shape index (κ2) is 5.53. The quantitative estimate of drug-likeness (QED) is 0.602. The smallest absolute Gasteiger partial charge is 0.268 e. The minimum absolute atomic E-state index is 0.177. The number of hydrogen-bond donors (Lipinski definition) is 2. The molecular formula is C19H17N3O2. The van der Waals surface area contributed by atoms with Crippen molar-refractivity contribution in [2.24, 2.45) is 0 Å². The predicted octanol–water partition coefficient (Wildman–Crippen LogP) is 3.86. The van der Waals surface area contributed by atoms with Gasteiger partial charge in [-0.15, -0.1) is 0 Å². The summed E-state index contributed by atoms with van der Waals surface area (Å²) in [4.78, 5) is 19.8. The van der Waals surface area contributed by atoms with Gasteiger partial charge in [0.15, 0.2) is 0 Å². The summed E-state index contributed by atoms with van der Waals surface area (Å²) < 4.78 is 5.48. The van der Waals surface area contributed by atoms with Crippen LogP contribution in [0.3, 0.4) is 0 Å². The fourth-order valence-corrected chi connectivity index (χ4v) is 2.87. The van der Waals surface area contributed by atoms with Crippen molar-refractivity contribution < 1.29 is 9.21 Å². The minimum atomic E-state index is -0.177. The van der Waals surface area contributed by atoms with Crippen LogP contribution in [0.15, 0.2) is 46.9 Å². The van der Waals surface area contributed by atoms with Crippen LogP contribution in [0.4, 0.5) is 0 Å². The lowest BCUT2D eigenvalue weighted by molar-refractivity contribution is 0.0943. The number of oxazole rings is 1. The first-order valence-corrected chi connectivity index (χ1v) is 7.83. The van der Waals surface area contributed by atoms with Gasteiger partial charge in [-0.05, 0) is 36.8 Å². The van der Waals surface area contributed by atoms with Crippen molar-refractivity contribution in [1.82, 2.24) is 15.3 Å². The van der Waals surface area contributed by atoms with Gasteiger partial charge in [-0.25, -0.2) is 4.98 Å². The highest BCUT2D eigenvalue weighted by Gasteiger charge is 2.13. The molecule has 120 valence electrons. The van der Waals surface area contributed by atoms with Crippen LogP contribution < -0.4 is 5.32 Å². The number of H-pyrrole nitrogens is 1. The van der Waals surface area contributed by atoms with E-state index in [1.165, 1.54) is 0 Å². The third-order valence-electron chi connectivity index (χ3n) is 4.25. The standard InChI is InChI=1S/C19H17N3O2/c1-11-12(2)24-18(21-11)10-20-19(23)17-9-15-14-6-4-3-5-13(14)7-8-16(15)22-17/h3-9,22H,10H2,1-2H3,(H,20,23). The van der Waals surface area contributed by atoms with Crippen molar-refractivity contribution in [3.8, 4) is 0 Å². The first kappa shape index (κ1) is 14.5. The van der Waals surface area contributed by atoms with Crippen LogP contribution in [0.2, 0.25) is 0 Å². The van der Waals surface area contributed by atoms with E-state index in [4.69, 9.17) is 4.42 Å². The van der Waals surface area contributed by atoms with Crippen LogP contribution in [0.25, 0.3) is 21.7 Å². The Labute approximate surface area is 138 Å². The maximum Gasteiger partial charge on any atom is 0.268 e. The van der Waals surface area contributed by atoms with Crippen LogP contribution in [0, 0.1) is 13.8 Å². The molecule has 0 bridgehead atoms. The minimum Gasteiger partial charge on any atom is -0.444 e. The van der Waals surface area contributed by atoms with Crippen LogP contribution in [-0.4, -0.2) is 15.9 Å². The maximum atomic E-state index is 12.4. The normalized spacial score (nSPS) is 11.2. The number of benzene rings is 2. The van der Waals surface area contributed by atoms with E-state index < -0.39 is 0 Å². The average molecular weight is 319 g/mol. The summed E-state index contributed by atoms with van der Waals surface area (Å²) in [6.07, 6.45) is 0. The molecule has 5 nitrogen and oxygen atoms in total. The highest BCUT2D eigenvalue weighted by Crippen LogP contribution is 2.25. The zero-order chi connectivity index (χ0) is 16.7. The number of rotatable bonds is 3. The zero-order valence-corrected chi connectivity index (χ0v) is 13.5. The van der Waals surface area contributed by atoms with Crippen molar-refractivity contribution in [3.05, 3.63) is 65.5 Å². The number of aromatic nitrogens is 2. The van der Waals surface area contributed by atoms with E-state index in [1.54, 1.807) is 0 Å². The highest BCUT2D eigenvalue weighted by molar-refractivity contribution is 6.09. The van der Waals surface area contributed by atoms with Gasteiger partial charge in [-0.3, -0.25) is 4.79 Å². The summed E-state index contributed by atoms with van der Waals surface area (Å²) in [5, 5.41) is 6.16. The molecule has 0 saturated carbocycles. The molecular weight excluding hydrogens is 302 g/mol. The number of aromatic amines is 1. The molecule has 2 N–H and O–H groups in total. The van der Waals surface area contributed by atoms with Crippen molar-refractivity contribution in [1.29, 1.82) is 0 Å². The Morgan fingerprint density at radius 3 is 2.79 bits per heavy atom. The first-order valence-electron chi connectivity index (χ1n) is 7.83. The molecule has 0 atom stereocenters. The lowest BCUT2D eigenvalue weighted by atomic mass is 10.1. The molecule has 0 spiro atoms. The van der Waals surface area contributed by atoms with Crippen molar-refractivity contribution in [2.45, 2.75) is 20.4 Å². The van der Waals surface area contributed by atoms with Gasteiger partial charge in [-0.2, -0.15) is 0 Å². The zero-order valence-electron chi connectivity index (χ0n) is 13.5. The van der Waals surface area contributed by atoms with Crippen LogP contribution in [0.5, 0.6) is 0 Å². The fraction of sp³-hybridized carbons (Fsp3) is 0.158. The van der Waals surface area contributed by atoms with E-state index in [0.29, 0.717) is 11.6 Å². The molecule has 5 heteroatoms. The maximum absolute atomic E-state index is 12.4. The Kier molecular flexibility index (Phi) is 3.34. The number of nitrogens with zero attached hydrogens (tertiary/aromatic N) is 1. The molecule has 0 fully saturated rings. The molecule has 2 aromatic heterocycles. The number of carbonyl (C=O) groups is 1. The Morgan fingerprint density at radius 1 is 1.17 bits per heavy atom. The number of nitrogens with one attached hydrogen (secondary N) is 2. The number of carbonyl (C=O) groups excluding carboxylic acids is 1. The Morgan fingerprint density at radius 2 is 2.00 bits per heavy atom. The summed E-state index contributed by atoms with van der Waals surface area (Å²) in [7, 11) is 0. The topological polar surface area (TPSA) is 70.9 Å². The van der Waals surface area contributed by atoms with E-state index in [9.17, 15) is 4.79 Å². The second-order valence-electron chi connectivity index (χ2n) is 5.86. The number of amides is 1. The van der Waals surface area contributed by atoms with Gasteiger partial charge < -0.3 is 14.7 Å². The lowest BCUT2D eigenvalue weighted by Gasteiger charge is -1.99. The average Bonchev–Trinajstić information content (AvgIpc) is 3.16. The van der Waals surface area contributed by atoms with E-state index in [-0.39, 0.29) is 12.5 Å². The van der Waals surface area contributed by atoms with Crippen molar-refractivity contribution in [2.75, 3.05) is 0 Å². The Bertz CT molecular complexity index is 1040. The summed E-state index contributed by atoms with van der Waals surface area (Å²) in [5.41, 5.74) is 2.32. The first-order chi connectivity index (χ1) is 11.6. The monoisotopic (exact) mass is 319 g/mol. The molecule has 2 heterocycles. The third kappa shape index (κ3) is 2.44. The van der Waals surface area contributed by atoms with E-state index in [2.05, 4.69) is 27.4 Å². The van der Waals surface area contributed by atoms with E-state index in [0.717, 1.165) is 33.1 Å². The Hall–Kier alpha value is -3.08. The largest absolute Gasteiger partial charge is 0.444 e. The van der Waals surface area contributed by atoms with E-state index >= 15 is 0 Å². The van der Waals surface area contributed by atoms with Gasteiger partial charge in [0.05, 0.1) is 12.2 Å². The molecule has 0 unspecified atom stereocenters. The van der Waals surface area contributed by atoms with Gasteiger partial charge in [0, 0.05) is 10.9 Å². The molecule has 0 radical (unpaired) electrons. The molecule has 4 aromatic rings. The molecule has 24 heavy (non-hydrogen) atoms. The molecule has 0 saturated heterocycles. The number of aryl methyl sites for hydroxylation is 2. The third-order valence-corrected chi connectivity index (χ3v) is 4.25. The van der Waals surface area contributed by atoms with Crippen molar-refractivity contribution in [3.63, 3.8) is 0 Å². The fourth-order valence-electron chi connectivity index (χ4n) is 2.87. The lowest BCUT2D eigenvalue weighted by Crippen LogP contribution is -2.23. The van der Waals surface area contributed by atoms with Crippen LogP contribution in [0.1, 0.15) is 27.8 Å². The Balaban J connectivity index is 1.61.